The van der Waals surface area contributed by atoms with Gasteiger partial charge in [-0.05, 0) is 44.5 Å². The lowest BCUT2D eigenvalue weighted by molar-refractivity contribution is 0.287. The van der Waals surface area contributed by atoms with Crippen molar-refractivity contribution < 1.29 is 9.47 Å². The highest BCUT2D eigenvalue weighted by molar-refractivity contribution is 5.41. The molecular weight excluding hydrogens is 266 g/mol. The van der Waals surface area contributed by atoms with E-state index < -0.39 is 0 Å². The van der Waals surface area contributed by atoms with Crippen molar-refractivity contribution in [2.45, 2.75) is 33.4 Å². The molecule has 2 rings (SSSR count). The van der Waals surface area contributed by atoms with Crippen molar-refractivity contribution in [1.29, 1.82) is 0 Å². The maximum atomic E-state index is 5.98. The molecule has 21 heavy (non-hydrogen) atoms. The number of nitrogens with two attached hydrogens (primary N) is 1. The van der Waals surface area contributed by atoms with Crippen LogP contribution in [0.1, 0.15) is 23.9 Å². The van der Waals surface area contributed by atoms with Crippen LogP contribution in [0.15, 0.2) is 24.3 Å². The van der Waals surface area contributed by atoms with Gasteiger partial charge in [0.15, 0.2) is 0 Å². The molecule has 5 nitrogen and oxygen atoms in total. The second-order valence-corrected chi connectivity index (χ2v) is 4.89. The number of rotatable bonds is 7. The first kappa shape index (κ1) is 15.4. The first-order valence-corrected chi connectivity index (χ1v) is 7.21. The minimum absolute atomic E-state index is 0.486. The maximum Gasteiger partial charge on any atom is 0.130 e. The number of benzene rings is 1. The average Bonchev–Trinajstić information content (AvgIpc) is 2.86. The topological polar surface area (TPSA) is 62.3 Å². The Bertz CT molecular complexity index is 593. The van der Waals surface area contributed by atoms with Gasteiger partial charge in [0.05, 0.1) is 18.5 Å². The first-order chi connectivity index (χ1) is 10.2. The fraction of sp³-hybridized carbons (Fsp3) is 0.438. The van der Waals surface area contributed by atoms with E-state index in [4.69, 9.17) is 15.2 Å². The number of aryl methyl sites for hydroxylation is 2. The van der Waals surface area contributed by atoms with Crippen LogP contribution in [0.2, 0.25) is 0 Å². The second-order valence-electron chi connectivity index (χ2n) is 4.89. The molecule has 0 bridgehead atoms. The molecule has 0 aliphatic carbocycles. The van der Waals surface area contributed by atoms with E-state index in [0.717, 1.165) is 41.4 Å². The molecule has 0 spiro atoms. The maximum absolute atomic E-state index is 5.98. The zero-order valence-electron chi connectivity index (χ0n) is 12.9. The fourth-order valence-electron chi connectivity index (χ4n) is 2.30. The molecule has 0 saturated heterocycles. The van der Waals surface area contributed by atoms with Crippen molar-refractivity contribution in [1.82, 2.24) is 9.78 Å². The van der Waals surface area contributed by atoms with E-state index in [-0.39, 0.29) is 0 Å². The molecular formula is C16H23N3O2. The normalized spacial score (nSPS) is 10.7. The van der Waals surface area contributed by atoms with Gasteiger partial charge in [0.2, 0.25) is 0 Å². The molecule has 0 unspecified atom stereocenters. The number of hydrogen-bond donors (Lipinski definition) is 1. The first-order valence-electron chi connectivity index (χ1n) is 7.21. The van der Waals surface area contributed by atoms with Crippen LogP contribution in [0.25, 0.3) is 0 Å². The summed E-state index contributed by atoms with van der Waals surface area (Å²) in [5, 5.41) is 4.43. The summed E-state index contributed by atoms with van der Waals surface area (Å²) >= 11 is 0. The Hall–Kier alpha value is -2.01. The molecule has 1 aromatic carbocycles. The summed E-state index contributed by atoms with van der Waals surface area (Å²) in [5.74, 6) is 1.60. The Morgan fingerprint density at radius 1 is 1.29 bits per heavy atom. The van der Waals surface area contributed by atoms with Crippen LogP contribution < -0.4 is 15.2 Å². The van der Waals surface area contributed by atoms with Gasteiger partial charge in [0.25, 0.3) is 0 Å². The van der Waals surface area contributed by atoms with E-state index in [1.54, 1.807) is 7.11 Å². The van der Waals surface area contributed by atoms with Crippen LogP contribution in [-0.2, 0) is 19.6 Å². The Labute approximate surface area is 125 Å². The summed E-state index contributed by atoms with van der Waals surface area (Å²) in [4.78, 5) is 0. The predicted molar refractivity (Wildman–Crippen MR) is 82.7 cm³/mol. The van der Waals surface area contributed by atoms with E-state index in [9.17, 15) is 0 Å². The SMILES string of the molecule is CCn1nc(C)cc1COc1cc(OC)ccc1CCN. The summed E-state index contributed by atoms with van der Waals surface area (Å²) < 4.78 is 13.2. The summed E-state index contributed by atoms with van der Waals surface area (Å²) in [7, 11) is 1.65. The van der Waals surface area contributed by atoms with E-state index in [1.807, 2.05) is 35.9 Å². The van der Waals surface area contributed by atoms with Crippen LogP contribution in [0.3, 0.4) is 0 Å². The Morgan fingerprint density at radius 2 is 2.10 bits per heavy atom. The second kappa shape index (κ2) is 7.13. The van der Waals surface area contributed by atoms with Gasteiger partial charge in [0.1, 0.15) is 18.1 Å². The molecule has 0 radical (unpaired) electrons. The zero-order chi connectivity index (χ0) is 15.2. The smallest absolute Gasteiger partial charge is 0.130 e. The molecule has 1 aromatic heterocycles. The van der Waals surface area contributed by atoms with Gasteiger partial charge >= 0.3 is 0 Å². The van der Waals surface area contributed by atoms with Gasteiger partial charge in [0, 0.05) is 12.6 Å². The largest absolute Gasteiger partial charge is 0.497 e. The van der Waals surface area contributed by atoms with E-state index in [1.165, 1.54) is 0 Å². The molecule has 5 heteroatoms. The molecule has 0 fully saturated rings. The Morgan fingerprint density at radius 3 is 2.76 bits per heavy atom. The van der Waals surface area contributed by atoms with E-state index in [2.05, 4.69) is 12.0 Å². The van der Waals surface area contributed by atoms with Gasteiger partial charge in [-0.2, -0.15) is 5.10 Å². The minimum Gasteiger partial charge on any atom is -0.497 e. The lowest BCUT2D eigenvalue weighted by Crippen LogP contribution is -2.08. The number of aromatic nitrogens is 2. The van der Waals surface area contributed by atoms with Crippen LogP contribution in [0.4, 0.5) is 0 Å². The highest BCUT2D eigenvalue weighted by atomic mass is 16.5. The molecule has 2 N–H and O–H groups in total. The highest BCUT2D eigenvalue weighted by Crippen LogP contribution is 2.26. The summed E-state index contributed by atoms with van der Waals surface area (Å²) in [6.45, 7) is 5.97. The Kier molecular flexibility index (Phi) is 5.22. The van der Waals surface area contributed by atoms with Crippen molar-refractivity contribution in [3.05, 3.63) is 41.2 Å². The Balaban J connectivity index is 2.17. The van der Waals surface area contributed by atoms with Gasteiger partial charge in [-0.25, -0.2) is 0 Å². The molecule has 0 amide bonds. The third kappa shape index (κ3) is 3.76. The van der Waals surface area contributed by atoms with Crippen molar-refractivity contribution >= 4 is 0 Å². The van der Waals surface area contributed by atoms with Gasteiger partial charge in [-0.1, -0.05) is 6.07 Å². The molecule has 0 aliphatic rings. The molecule has 0 aliphatic heterocycles. The minimum atomic E-state index is 0.486. The monoisotopic (exact) mass is 289 g/mol. The fourth-order valence-corrected chi connectivity index (χ4v) is 2.30. The zero-order valence-corrected chi connectivity index (χ0v) is 12.9. The number of methoxy groups -OCH3 is 1. The van der Waals surface area contributed by atoms with Crippen molar-refractivity contribution in [2.24, 2.45) is 5.73 Å². The summed E-state index contributed by atoms with van der Waals surface area (Å²) in [6, 6.07) is 7.89. The number of ether oxygens (including phenoxy) is 2. The highest BCUT2D eigenvalue weighted by Gasteiger charge is 2.09. The van der Waals surface area contributed by atoms with Gasteiger partial charge < -0.3 is 15.2 Å². The quantitative estimate of drug-likeness (QED) is 0.849. The van der Waals surface area contributed by atoms with Gasteiger partial charge in [-0.3, -0.25) is 4.68 Å². The molecule has 0 saturated carbocycles. The lowest BCUT2D eigenvalue weighted by atomic mass is 10.1. The predicted octanol–water partition coefficient (Wildman–Crippen LogP) is 2.30. The molecule has 1 heterocycles. The van der Waals surface area contributed by atoms with Crippen molar-refractivity contribution in [3.63, 3.8) is 0 Å². The number of hydrogen-bond acceptors (Lipinski definition) is 4. The number of nitrogens with zero attached hydrogens (tertiary/aromatic N) is 2. The van der Waals surface area contributed by atoms with Gasteiger partial charge in [-0.15, -0.1) is 0 Å². The van der Waals surface area contributed by atoms with Crippen molar-refractivity contribution in [3.8, 4) is 11.5 Å². The third-order valence-electron chi connectivity index (χ3n) is 3.35. The molecule has 0 atom stereocenters. The van der Waals surface area contributed by atoms with E-state index in [0.29, 0.717) is 13.2 Å². The van der Waals surface area contributed by atoms with E-state index >= 15 is 0 Å². The lowest BCUT2D eigenvalue weighted by Gasteiger charge is -2.13. The van der Waals surface area contributed by atoms with Crippen LogP contribution >= 0.6 is 0 Å². The van der Waals surface area contributed by atoms with Crippen LogP contribution in [-0.4, -0.2) is 23.4 Å². The van der Waals surface area contributed by atoms with Crippen molar-refractivity contribution in [2.75, 3.05) is 13.7 Å². The third-order valence-corrected chi connectivity index (χ3v) is 3.35. The molecule has 114 valence electrons. The summed E-state index contributed by atoms with van der Waals surface area (Å²) in [5.41, 5.74) is 8.82. The van der Waals surface area contributed by atoms with Crippen LogP contribution in [0, 0.1) is 6.92 Å². The summed E-state index contributed by atoms with van der Waals surface area (Å²) in [6.07, 6.45) is 0.783. The van der Waals surface area contributed by atoms with Crippen LogP contribution in [0.5, 0.6) is 11.5 Å². The molecule has 2 aromatic rings. The standard InChI is InChI=1S/C16H23N3O2/c1-4-19-14(9-12(2)18-19)11-21-16-10-15(20-3)6-5-13(16)7-8-17/h5-6,9-10H,4,7-8,11,17H2,1-3H3. The average molecular weight is 289 g/mol.